The molecule has 0 unspecified atom stereocenters. The van der Waals surface area contributed by atoms with Crippen LogP contribution < -0.4 is 10.1 Å². The minimum atomic E-state index is -0.174. The fourth-order valence-electron chi connectivity index (χ4n) is 1.69. The Morgan fingerprint density at radius 2 is 1.95 bits per heavy atom. The molecule has 0 spiro atoms. The number of carbonyl (C=O) groups is 1. The van der Waals surface area contributed by atoms with Gasteiger partial charge in [-0.3, -0.25) is 4.79 Å². The standard InChI is InChI=1S/C15H13BrClNO2/c1-20-14-7-6-12(8-13(14)17)18-15(19)11-4-2-10(9-16)3-5-11/h2-8H,9H2,1H3,(H,18,19). The van der Waals surface area contributed by atoms with Gasteiger partial charge in [-0.2, -0.15) is 0 Å². The van der Waals surface area contributed by atoms with Gasteiger partial charge < -0.3 is 10.1 Å². The van der Waals surface area contributed by atoms with Crippen molar-refractivity contribution >= 4 is 39.1 Å². The Kier molecular flexibility index (Phi) is 5.04. The van der Waals surface area contributed by atoms with Crippen molar-refractivity contribution in [2.24, 2.45) is 0 Å². The molecule has 104 valence electrons. The van der Waals surface area contributed by atoms with Crippen LogP contribution in [0.3, 0.4) is 0 Å². The second kappa shape index (κ2) is 6.77. The number of methoxy groups -OCH3 is 1. The first-order chi connectivity index (χ1) is 9.63. The quantitative estimate of drug-likeness (QED) is 0.821. The Morgan fingerprint density at radius 1 is 1.25 bits per heavy atom. The first kappa shape index (κ1) is 14.9. The Labute approximate surface area is 131 Å². The topological polar surface area (TPSA) is 38.3 Å². The highest BCUT2D eigenvalue weighted by Gasteiger charge is 2.08. The maximum Gasteiger partial charge on any atom is 0.255 e. The third kappa shape index (κ3) is 3.52. The van der Waals surface area contributed by atoms with Crippen molar-refractivity contribution in [1.29, 1.82) is 0 Å². The van der Waals surface area contributed by atoms with Crippen LogP contribution >= 0.6 is 27.5 Å². The van der Waals surface area contributed by atoms with Crippen LogP contribution in [0.1, 0.15) is 15.9 Å². The van der Waals surface area contributed by atoms with Crippen molar-refractivity contribution in [2.45, 2.75) is 5.33 Å². The summed E-state index contributed by atoms with van der Waals surface area (Å²) in [6, 6.07) is 12.5. The van der Waals surface area contributed by atoms with Crippen LogP contribution in [-0.2, 0) is 5.33 Å². The summed E-state index contributed by atoms with van der Waals surface area (Å²) in [6.07, 6.45) is 0. The van der Waals surface area contributed by atoms with Crippen LogP contribution in [0.15, 0.2) is 42.5 Å². The molecule has 2 aromatic carbocycles. The molecule has 0 bridgehead atoms. The minimum Gasteiger partial charge on any atom is -0.495 e. The average Bonchev–Trinajstić information content (AvgIpc) is 2.47. The van der Waals surface area contributed by atoms with Crippen LogP contribution in [0.25, 0.3) is 0 Å². The van der Waals surface area contributed by atoms with Crippen molar-refractivity contribution in [3.05, 3.63) is 58.6 Å². The van der Waals surface area contributed by atoms with Crippen molar-refractivity contribution in [3.8, 4) is 5.75 Å². The normalized spacial score (nSPS) is 10.2. The van der Waals surface area contributed by atoms with E-state index in [0.717, 1.165) is 10.9 Å². The van der Waals surface area contributed by atoms with Crippen LogP contribution in [0.5, 0.6) is 5.75 Å². The van der Waals surface area contributed by atoms with E-state index < -0.39 is 0 Å². The van der Waals surface area contributed by atoms with Crippen molar-refractivity contribution in [3.63, 3.8) is 0 Å². The largest absolute Gasteiger partial charge is 0.495 e. The molecular formula is C15H13BrClNO2. The molecule has 0 aliphatic rings. The number of halogens is 2. The van der Waals surface area contributed by atoms with Gasteiger partial charge in [0.05, 0.1) is 12.1 Å². The zero-order chi connectivity index (χ0) is 14.5. The predicted octanol–water partition coefficient (Wildman–Crippen LogP) is 4.50. The number of alkyl halides is 1. The number of nitrogens with one attached hydrogen (secondary N) is 1. The minimum absolute atomic E-state index is 0.174. The monoisotopic (exact) mass is 353 g/mol. The van der Waals surface area contributed by atoms with Crippen LogP contribution in [-0.4, -0.2) is 13.0 Å². The van der Waals surface area contributed by atoms with Crippen LogP contribution in [0, 0.1) is 0 Å². The van der Waals surface area contributed by atoms with E-state index in [2.05, 4.69) is 21.2 Å². The van der Waals surface area contributed by atoms with E-state index in [1.165, 1.54) is 0 Å². The molecule has 0 aliphatic heterocycles. The summed E-state index contributed by atoms with van der Waals surface area (Å²) in [5.41, 5.74) is 2.35. The molecule has 0 saturated heterocycles. The number of ether oxygens (including phenoxy) is 1. The van der Waals surface area contributed by atoms with E-state index >= 15 is 0 Å². The van der Waals surface area contributed by atoms with E-state index in [0.29, 0.717) is 22.0 Å². The highest BCUT2D eigenvalue weighted by molar-refractivity contribution is 9.08. The highest BCUT2D eigenvalue weighted by atomic mass is 79.9. The van der Waals surface area contributed by atoms with E-state index in [1.54, 1.807) is 37.4 Å². The summed E-state index contributed by atoms with van der Waals surface area (Å²) in [6.45, 7) is 0. The number of amides is 1. The fraction of sp³-hybridized carbons (Fsp3) is 0.133. The van der Waals surface area contributed by atoms with Gasteiger partial charge in [-0.1, -0.05) is 39.7 Å². The molecule has 0 heterocycles. The Morgan fingerprint density at radius 3 is 2.50 bits per heavy atom. The van der Waals surface area contributed by atoms with Gasteiger partial charge >= 0.3 is 0 Å². The Bertz CT molecular complexity index is 614. The van der Waals surface area contributed by atoms with Crippen molar-refractivity contribution < 1.29 is 9.53 Å². The molecule has 0 aliphatic carbocycles. The lowest BCUT2D eigenvalue weighted by molar-refractivity contribution is 0.102. The van der Waals surface area contributed by atoms with Gasteiger partial charge in [0.1, 0.15) is 5.75 Å². The summed E-state index contributed by atoms with van der Waals surface area (Å²) in [5.74, 6) is 0.402. The van der Waals surface area contributed by atoms with Gasteiger partial charge in [-0.15, -0.1) is 0 Å². The molecule has 2 rings (SSSR count). The van der Waals surface area contributed by atoms with E-state index in [9.17, 15) is 4.79 Å². The number of carbonyl (C=O) groups excluding carboxylic acids is 1. The van der Waals surface area contributed by atoms with Crippen molar-refractivity contribution in [1.82, 2.24) is 0 Å². The maximum atomic E-state index is 12.1. The molecular weight excluding hydrogens is 342 g/mol. The third-order valence-electron chi connectivity index (χ3n) is 2.78. The zero-order valence-corrected chi connectivity index (χ0v) is 13.2. The molecule has 20 heavy (non-hydrogen) atoms. The lowest BCUT2D eigenvalue weighted by atomic mass is 10.1. The second-order valence-electron chi connectivity index (χ2n) is 4.13. The molecule has 3 nitrogen and oxygen atoms in total. The summed E-state index contributed by atoms with van der Waals surface area (Å²) in [4.78, 5) is 12.1. The lowest BCUT2D eigenvalue weighted by Crippen LogP contribution is -2.11. The summed E-state index contributed by atoms with van der Waals surface area (Å²) < 4.78 is 5.07. The molecule has 5 heteroatoms. The average molecular weight is 355 g/mol. The fourth-order valence-corrected chi connectivity index (χ4v) is 2.32. The first-order valence-electron chi connectivity index (χ1n) is 5.94. The molecule has 0 aromatic heterocycles. The van der Waals surface area contributed by atoms with E-state index in [-0.39, 0.29) is 5.91 Å². The number of rotatable bonds is 4. The van der Waals surface area contributed by atoms with Crippen LogP contribution in [0.4, 0.5) is 5.69 Å². The van der Waals surface area contributed by atoms with E-state index in [4.69, 9.17) is 16.3 Å². The number of hydrogen-bond acceptors (Lipinski definition) is 2. The first-order valence-corrected chi connectivity index (χ1v) is 7.44. The summed E-state index contributed by atoms with van der Waals surface area (Å²) >= 11 is 9.38. The van der Waals surface area contributed by atoms with Gasteiger partial charge in [0.15, 0.2) is 0 Å². The zero-order valence-electron chi connectivity index (χ0n) is 10.8. The molecule has 2 aromatic rings. The summed E-state index contributed by atoms with van der Waals surface area (Å²) in [7, 11) is 1.55. The number of anilines is 1. The molecule has 0 radical (unpaired) electrons. The smallest absolute Gasteiger partial charge is 0.255 e. The molecule has 1 amide bonds. The molecule has 0 atom stereocenters. The highest BCUT2D eigenvalue weighted by Crippen LogP contribution is 2.27. The van der Waals surface area contributed by atoms with Gasteiger partial charge in [-0.05, 0) is 35.9 Å². The Balaban J connectivity index is 2.12. The van der Waals surface area contributed by atoms with Gasteiger partial charge in [-0.25, -0.2) is 0 Å². The van der Waals surface area contributed by atoms with E-state index in [1.807, 2.05) is 12.1 Å². The van der Waals surface area contributed by atoms with Gasteiger partial charge in [0.25, 0.3) is 5.91 Å². The molecule has 0 fully saturated rings. The number of hydrogen-bond donors (Lipinski definition) is 1. The van der Waals surface area contributed by atoms with Crippen molar-refractivity contribution in [2.75, 3.05) is 12.4 Å². The molecule has 0 saturated carbocycles. The maximum absolute atomic E-state index is 12.1. The lowest BCUT2D eigenvalue weighted by Gasteiger charge is -2.08. The summed E-state index contributed by atoms with van der Waals surface area (Å²) in [5, 5.41) is 4.02. The third-order valence-corrected chi connectivity index (χ3v) is 3.72. The van der Waals surface area contributed by atoms with Gasteiger partial charge in [0.2, 0.25) is 0 Å². The second-order valence-corrected chi connectivity index (χ2v) is 5.10. The number of benzene rings is 2. The van der Waals surface area contributed by atoms with Gasteiger partial charge in [0, 0.05) is 16.6 Å². The Hall–Kier alpha value is -1.52. The van der Waals surface area contributed by atoms with Crippen LogP contribution in [0.2, 0.25) is 5.02 Å². The molecule has 1 N–H and O–H groups in total. The predicted molar refractivity (Wildman–Crippen MR) is 85.0 cm³/mol. The SMILES string of the molecule is COc1ccc(NC(=O)c2ccc(CBr)cc2)cc1Cl.